The van der Waals surface area contributed by atoms with E-state index in [9.17, 15) is 14.4 Å². The number of barbiturate groups is 1. The lowest BCUT2D eigenvalue weighted by Crippen LogP contribution is -2.54. The Kier molecular flexibility index (Phi) is 6.05. The van der Waals surface area contributed by atoms with E-state index in [0.717, 1.165) is 25.7 Å². The van der Waals surface area contributed by atoms with Crippen LogP contribution in [0.5, 0.6) is 17.2 Å². The van der Waals surface area contributed by atoms with Gasteiger partial charge < -0.3 is 14.2 Å². The molecule has 0 spiro atoms. The van der Waals surface area contributed by atoms with Gasteiger partial charge in [0.2, 0.25) is 6.79 Å². The minimum absolute atomic E-state index is 0.0486. The van der Waals surface area contributed by atoms with Gasteiger partial charge in [0.1, 0.15) is 17.9 Å². The molecule has 2 aliphatic rings. The third-order valence-corrected chi connectivity index (χ3v) is 6.74. The van der Waals surface area contributed by atoms with Gasteiger partial charge in [-0.15, -0.1) is 0 Å². The number of halogens is 1. The molecule has 4 amide bonds. The minimum Gasteiger partial charge on any atom is -0.488 e. The minimum atomic E-state index is -0.849. The maximum absolute atomic E-state index is 13.4. The first-order valence-electron chi connectivity index (χ1n) is 11.7. The van der Waals surface area contributed by atoms with E-state index in [4.69, 9.17) is 14.2 Å². The molecule has 4 aromatic rings. The first-order chi connectivity index (χ1) is 18.5. The molecule has 0 bridgehead atoms. The fourth-order valence-electron chi connectivity index (χ4n) is 4.41. The van der Waals surface area contributed by atoms with Gasteiger partial charge in [-0.05, 0) is 52.7 Å². The van der Waals surface area contributed by atoms with Crippen LogP contribution in [0.1, 0.15) is 11.1 Å². The molecule has 2 aliphatic heterocycles. The quantitative estimate of drug-likeness (QED) is 0.249. The van der Waals surface area contributed by atoms with Crippen LogP contribution in [0.25, 0.3) is 16.8 Å². The Balaban J connectivity index is 1.33. The highest BCUT2D eigenvalue weighted by Gasteiger charge is 2.37. The molecule has 0 unspecified atom stereocenters. The van der Waals surface area contributed by atoms with E-state index in [1.165, 1.54) is 12.1 Å². The zero-order chi connectivity index (χ0) is 26.2. The predicted octanol–water partition coefficient (Wildman–Crippen LogP) is 5.58. The van der Waals surface area contributed by atoms with Crippen molar-refractivity contribution in [2.75, 3.05) is 11.7 Å². The van der Waals surface area contributed by atoms with Crippen molar-refractivity contribution in [3.63, 3.8) is 0 Å². The van der Waals surface area contributed by atoms with Gasteiger partial charge in [-0.25, -0.2) is 9.69 Å². The van der Waals surface area contributed by atoms with E-state index in [2.05, 4.69) is 21.2 Å². The molecular weight excluding hydrogens is 552 g/mol. The molecule has 38 heavy (non-hydrogen) atoms. The van der Waals surface area contributed by atoms with Gasteiger partial charge in [-0.1, -0.05) is 58.4 Å². The predicted molar refractivity (Wildman–Crippen MR) is 144 cm³/mol. The fourth-order valence-corrected chi connectivity index (χ4v) is 4.79. The van der Waals surface area contributed by atoms with Crippen LogP contribution < -0.4 is 24.4 Å². The Morgan fingerprint density at radius 1 is 0.921 bits per heavy atom. The van der Waals surface area contributed by atoms with Gasteiger partial charge >= 0.3 is 6.03 Å². The summed E-state index contributed by atoms with van der Waals surface area (Å²) < 4.78 is 17.6. The van der Waals surface area contributed by atoms with Crippen molar-refractivity contribution >= 4 is 56.3 Å². The van der Waals surface area contributed by atoms with Crippen molar-refractivity contribution in [3.05, 3.63) is 100 Å². The second-order valence-corrected chi connectivity index (χ2v) is 9.52. The number of carbonyl (C=O) groups is 3. The van der Waals surface area contributed by atoms with Crippen LogP contribution in [0.15, 0.2) is 88.9 Å². The van der Waals surface area contributed by atoms with Crippen molar-refractivity contribution < 1.29 is 28.6 Å². The second kappa shape index (κ2) is 9.68. The summed E-state index contributed by atoms with van der Waals surface area (Å²) in [6.45, 7) is 0.327. The summed E-state index contributed by atoms with van der Waals surface area (Å²) in [5.41, 5.74) is 1.53. The molecule has 1 N–H and O–H groups in total. The molecule has 0 aromatic heterocycles. The number of amides is 4. The van der Waals surface area contributed by atoms with Crippen molar-refractivity contribution in [2.45, 2.75) is 6.61 Å². The van der Waals surface area contributed by atoms with Crippen LogP contribution in [0.3, 0.4) is 0 Å². The Morgan fingerprint density at radius 3 is 2.63 bits per heavy atom. The molecule has 9 heteroatoms. The summed E-state index contributed by atoms with van der Waals surface area (Å²) in [5.74, 6) is -0.176. The lowest BCUT2D eigenvalue weighted by molar-refractivity contribution is -0.122. The molecular formula is C29H19BrN2O6. The topological polar surface area (TPSA) is 94.2 Å². The number of hydrogen-bond acceptors (Lipinski definition) is 6. The highest BCUT2D eigenvalue weighted by atomic mass is 79.9. The zero-order valence-corrected chi connectivity index (χ0v) is 21.4. The number of nitrogens with zero attached hydrogens (tertiary/aromatic N) is 1. The summed E-state index contributed by atoms with van der Waals surface area (Å²) in [6.07, 6.45) is 1.42. The van der Waals surface area contributed by atoms with E-state index in [0.29, 0.717) is 22.8 Å². The van der Waals surface area contributed by atoms with Gasteiger partial charge in [0.15, 0.2) is 11.5 Å². The number of nitrogens with one attached hydrogen (secondary N) is 1. The Hall–Kier alpha value is -4.63. The molecule has 4 aromatic carbocycles. The lowest BCUT2D eigenvalue weighted by atomic mass is 10.0. The van der Waals surface area contributed by atoms with Crippen molar-refractivity contribution in [1.82, 2.24) is 5.32 Å². The summed E-state index contributed by atoms with van der Waals surface area (Å²) >= 11 is 3.45. The molecule has 8 nitrogen and oxygen atoms in total. The summed E-state index contributed by atoms with van der Waals surface area (Å²) in [5, 5.41) is 4.42. The molecule has 0 saturated carbocycles. The largest absolute Gasteiger partial charge is 0.488 e. The maximum atomic E-state index is 13.4. The second-order valence-electron chi connectivity index (χ2n) is 8.60. The average molecular weight is 571 g/mol. The normalized spacial score (nSPS) is 15.8. The number of benzene rings is 4. The van der Waals surface area contributed by atoms with Gasteiger partial charge in [0, 0.05) is 16.1 Å². The molecule has 0 radical (unpaired) electrons. The third-order valence-electron chi connectivity index (χ3n) is 6.25. The van der Waals surface area contributed by atoms with E-state index < -0.39 is 17.8 Å². The highest BCUT2D eigenvalue weighted by Crippen LogP contribution is 2.37. The summed E-state index contributed by atoms with van der Waals surface area (Å²) in [4.78, 5) is 39.7. The van der Waals surface area contributed by atoms with E-state index in [-0.39, 0.29) is 24.7 Å². The molecule has 188 valence electrons. The monoisotopic (exact) mass is 570 g/mol. The molecule has 2 heterocycles. The molecule has 6 rings (SSSR count). The fraction of sp³-hybridized carbons (Fsp3) is 0.0690. The standard InChI is InChI=1S/C29H19BrN2O6/c30-20-8-10-24(36-15-18-6-3-5-17-4-1-2-7-22(17)18)19(12-20)13-23-27(33)31-29(35)32(28(23)34)21-9-11-25-26(14-21)38-16-37-25/h1-14H,15-16H2,(H,31,33,35)/b23-13+. The number of ether oxygens (including phenoxy) is 3. The smallest absolute Gasteiger partial charge is 0.335 e. The third kappa shape index (κ3) is 4.37. The van der Waals surface area contributed by atoms with Crippen molar-refractivity contribution in [1.29, 1.82) is 0 Å². The first-order valence-corrected chi connectivity index (χ1v) is 12.5. The Labute approximate surface area is 225 Å². The van der Waals surface area contributed by atoms with Gasteiger partial charge in [-0.3, -0.25) is 14.9 Å². The van der Waals surface area contributed by atoms with Gasteiger partial charge in [-0.2, -0.15) is 0 Å². The lowest BCUT2D eigenvalue weighted by Gasteiger charge is -2.26. The van der Waals surface area contributed by atoms with Gasteiger partial charge in [0.05, 0.1) is 5.69 Å². The highest BCUT2D eigenvalue weighted by molar-refractivity contribution is 9.10. The molecule has 1 saturated heterocycles. The van der Waals surface area contributed by atoms with Crippen LogP contribution in [-0.2, 0) is 16.2 Å². The van der Waals surface area contributed by atoms with Crippen LogP contribution >= 0.6 is 15.9 Å². The Morgan fingerprint density at radius 2 is 1.74 bits per heavy atom. The van der Waals surface area contributed by atoms with E-state index >= 15 is 0 Å². The van der Waals surface area contributed by atoms with Crippen molar-refractivity contribution in [2.24, 2.45) is 0 Å². The van der Waals surface area contributed by atoms with Crippen molar-refractivity contribution in [3.8, 4) is 17.2 Å². The van der Waals surface area contributed by atoms with Gasteiger partial charge in [0.25, 0.3) is 11.8 Å². The SMILES string of the molecule is O=C1NC(=O)N(c2ccc3c(c2)OCO3)C(=O)/C1=C/c1cc(Br)ccc1OCc1cccc2ccccc12. The number of anilines is 1. The van der Waals surface area contributed by atoms with Crippen LogP contribution in [0.4, 0.5) is 10.5 Å². The van der Waals surface area contributed by atoms with E-state index in [1.807, 2.05) is 48.5 Å². The summed E-state index contributed by atoms with van der Waals surface area (Å²) in [6, 6.07) is 23.2. The number of rotatable bonds is 5. The van der Waals surface area contributed by atoms with Crippen LogP contribution in [0.2, 0.25) is 0 Å². The number of urea groups is 1. The number of imide groups is 2. The molecule has 0 aliphatic carbocycles. The number of carbonyl (C=O) groups excluding carboxylic acids is 3. The molecule has 1 fully saturated rings. The van der Waals surface area contributed by atoms with Crippen LogP contribution in [-0.4, -0.2) is 24.6 Å². The van der Waals surface area contributed by atoms with E-state index in [1.54, 1.807) is 24.3 Å². The zero-order valence-electron chi connectivity index (χ0n) is 19.8. The van der Waals surface area contributed by atoms with Crippen LogP contribution in [0, 0.1) is 0 Å². The average Bonchev–Trinajstić information content (AvgIpc) is 3.38. The Bertz CT molecular complexity index is 1660. The molecule has 0 atom stereocenters. The number of hydrogen-bond donors (Lipinski definition) is 1. The maximum Gasteiger partial charge on any atom is 0.335 e. The number of fused-ring (bicyclic) bond motifs is 2. The summed E-state index contributed by atoms with van der Waals surface area (Å²) in [7, 11) is 0. The first kappa shape index (κ1) is 23.7.